The highest BCUT2D eigenvalue weighted by atomic mass is 32.1. The van der Waals surface area contributed by atoms with E-state index in [1.807, 2.05) is 11.4 Å². The van der Waals surface area contributed by atoms with Gasteiger partial charge in [0.25, 0.3) is 0 Å². The van der Waals surface area contributed by atoms with Crippen LogP contribution in [0.4, 0.5) is 4.39 Å². The summed E-state index contributed by atoms with van der Waals surface area (Å²) in [6.07, 6.45) is 0. The number of benzene rings is 1. The monoisotopic (exact) mass is 286 g/mol. The number of rotatable bonds is 3. The molecule has 0 aliphatic rings. The van der Waals surface area contributed by atoms with E-state index in [0.29, 0.717) is 18.9 Å². The first kappa shape index (κ1) is 14.1. The van der Waals surface area contributed by atoms with Crippen molar-refractivity contribution >= 4 is 11.3 Å². The van der Waals surface area contributed by atoms with E-state index < -0.39 is 5.82 Å². The highest BCUT2D eigenvalue weighted by Crippen LogP contribution is 2.20. The Hall–Kier alpha value is -2.34. The number of nitrogens with two attached hydrogens (primary N) is 1. The highest BCUT2D eigenvalue weighted by Gasteiger charge is 2.04. The lowest BCUT2D eigenvalue weighted by molar-refractivity contribution is 0.308. The van der Waals surface area contributed by atoms with Crippen molar-refractivity contribution in [2.75, 3.05) is 6.54 Å². The summed E-state index contributed by atoms with van der Waals surface area (Å²) in [4.78, 5) is 0.982. The van der Waals surface area contributed by atoms with E-state index in [0.717, 1.165) is 10.4 Å². The number of hydrogen-bond acceptors (Lipinski definition) is 4. The summed E-state index contributed by atoms with van der Waals surface area (Å²) in [6.45, 7) is 0.659. The van der Waals surface area contributed by atoms with Gasteiger partial charge in [0.15, 0.2) is 0 Å². The van der Waals surface area contributed by atoms with Gasteiger partial charge in [0.1, 0.15) is 24.2 Å². The fourth-order valence-corrected chi connectivity index (χ4v) is 2.23. The smallest absolute Gasteiger partial charge is 0.144 e. The standard InChI is InChI=1S/C15H11FN2OS/c16-15-7-13(4-3-12(15)8-18)19-9-14-6-11(10-20-14)2-1-5-17/h3-4,6-7,10H,5,9,17H2. The Morgan fingerprint density at radius 3 is 2.90 bits per heavy atom. The van der Waals surface area contributed by atoms with Gasteiger partial charge < -0.3 is 10.5 Å². The predicted octanol–water partition coefficient (Wildman–Crippen LogP) is 2.65. The SMILES string of the molecule is N#Cc1ccc(OCc2cc(C#CCN)cs2)cc1F. The molecule has 0 aliphatic carbocycles. The number of ether oxygens (including phenoxy) is 1. The van der Waals surface area contributed by atoms with Crippen LogP contribution in [0, 0.1) is 29.0 Å². The van der Waals surface area contributed by atoms with Crippen molar-refractivity contribution in [3.05, 3.63) is 51.5 Å². The number of halogens is 1. The van der Waals surface area contributed by atoms with Crippen LogP contribution >= 0.6 is 11.3 Å². The van der Waals surface area contributed by atoms with Gasteiger partial charge in [-0.25, -0.2) is 4.39 Å². The molecule has 5 heteroatoms. The lowest BCUT2D eigenvalue weighted by Gasteiger charge is -2.04. The molecule has 0 radical (unpaired) electrons. The van der Waals surface area contributed by atoms with Crippen molar-refractivity contribution in [3.8, 4) is 23.7 Å². The molecular weight excluding hydrogens is 275 g/mol. The lowest BCUT2D eigenvalue weighted by Crippen LogP contribution is -1.94. The Balaban J connectivity index is 2.00. The van der Waals surface area contributed by atoms with Crippen LogP contribution in [0.15, 0.2) is 29.6 Å². The third-order valence-corrected chi connectivity index (χ3v) is 3.34. The first-order valence-corrected chi connectivity index (χ1v) is 6.69. The van der Waals surface area contributed by atoms with E-state index in [-0.39, 0.29) is 5.56 Å². The zero-order chi connectivity index (χ0) is 14.4. The molecule has 2 rings (SSSR count). The highest BCUT2D eigenvalue weighted by molar-refractivity contribution is 7.10. The van der Waals surface area contributed by atoms with Gasteiger partial charge >= 0.3 is 0 Å². The van der Waals surface area contributed by atoms with Crippen LogP contribution in [0.2, 0.25) is 0 Å². The molecule has 0 bridgehead atoms. The molecule has 0 saturated heterocycles. The summed E-state index contributed by atoms with van der Waals surface area (Å²) >= 11 is 1.52. The van der Waals surface area contributed by atoms with Crippen molar-refractivity contribution < 1.29 is 9.13 Å². The second-order valence-electron chi connectivity index (χ2n) is 3.85. The summed E-state index contributed by atoms with van der Waals surface area (Å²) in [5.41, 5.74) is 6.20. The molecule has 100 valence electrons. The van der Waals surface area contributed by atoms with E-state index in [2.05, 4.69) is 11.8 Å². The summed E-state index contributed by atoms with van der Waals surface area (Å²) in [5, 5.41) is 10.6. The lowest BCUT2D eigenvalue weighted by atomic mass is 10.2. The van der Waals surface area contributed by atoms with Crippen molar-refractivity contribution in [1.82, 2.24) is 0 Å². The third kappa shape index (κ3) is 3.58. The van der Waals surface area contributed by atoms with Crippen LogP contribution in [0.5, 0.6) is 5.75 Å². The summed E-state index contributed by atoms with van der Waals surface area (Å²) in [6, 6.07) is 7.86. The third-order valence-electron chi connectivity index (χ3n) is 2.43. The van der Waals surface area contributed by atoms with E-state index in [1.165, 1.54) is 23.5 Å². The van der Waals surface area contributed by atoms with Gasteiger partial charge in [-0.15, -0.1) is 11.3 Å². The van der Waals surface area contributed by atoms with Gasteiger partial charge in [-0.05, 0) is 18.2 Å². The minimum atomic E-state index is -0.578. The zero-order valence-electron chi connectivity index (χ0n) is 10.5. The molecular formula is C15H11FN2OS. The van der Waals surface area contributed by atoms with Gasteiger partial charge in [-0.3, -0.25) is 0 Å². The molecule has 0 aliphatic heterocycles. The Labute approximate surface area is 120 Å². The maximum absolute atomic E-state index is 13.4. The van der Waals surface area contributed by atoms with Crippen LogP contribution < -0.4 is 10.5 Å². The van der Waals surface area contributed by atoms with Gasteiger partial charge in [-0.1, -0.05) is 11.8 Å². The summed E-state index contributed by atoms with van der Waals surface area (Å²) in [7, 11) is 0. The van der Waals surface area contributed by atoms with Crippen LogP contribution in [0.25, 0.3) is 0 Å². The molecule has 2 aromatic rings. The molecule has 1 aromatic heterocycles. The molecule has 2 N–H and O–H groups in total. The molecule has 0 amide bonds. The summed E-state index contributed by atoms with van der Waals surface area (Å²) < 4.78 is 18.9. The fourth-order valence-electron chi connectivity index (χ4n) is 1.51. The Morgan fingerprint density at radius 2 is 2.20 bits per heavy atom. The number of thiophene rings is 1. The number of nitrogens with zero attached hydrogens (tertiary/aromatic N) is 1. The van der Waals surface area contributed by atoms with Crippen molar-refractivity contribution in [2.45, 2.75) is 6.61 Å². The number of nitriles is 1. The fraction of sp³-hybridized carbons (Fsp3) is 0.133. The Bertz CT molecular complexity index is 707. The second kappa shape index (κ2) is 6.72. The largest absolute Gasteiger partial charge is 0.488 e. The molecule has 0 fully saturated rings. The maximum atomic E-state index is 13.4. The van der Waals surface area contributed by atoms with Gasteiger partial charge in [0.2, 0.25) is 0 Å². The first-order valence-electron chi connectivity index (χ1n) is 5.81. The minimum Gasteiger partial charge on any atom is -0.488 e. The second-order valence-corrected chi connectivity index (χ2v) is 4.85. The minimum absolute atomic E-state index is 0.00724. The average Bonchev–Trinajstić information content (AvgIpc) is 2.91. The first-order chi connectivity index (χ1) is 9.72. The normalized spacial score (nSPS) is 9.45. The zero-order valence-corrected chi connectivity index (χ0v) is 11.3. The molecule has 0 spiro atoms. The van der Waals surface area contributed by atoms with Crippen LogP contribution in [0.1, 0.15) is 16.0 Å². The van der Waals surface area contributed by atoms with Gasteiger partial charge in [0, 0.05) is 21.9 Å². The average molecular weight is 286 g/mol. The van der Waals surface area contributed by atoms with E-state index in [1.54, 1.807) is 12.1 Å². The van der Waals surface area contributed by atoms with Crippen LogP contribution in [0.3, 0.4) is 0 Å². The van der Waals surface area contributed by atoms with Crippen LogP contribution in [-0.4, -0.2) is 6.54 Å². The molecule has 0 atom stereocenters. The molecule has 20 heavy (non-hydrogen) atoms. The predicted molar refractivity (Wildman–Crippen MR) is 75.7 cm³/mol. The molecule has 0 unspecified atom stereocenters. The summed E-state index contributed by atoms with van der Waals surface area (Å²) in [5.74, 6) is 5.52. The maximum Gasteiger partial charge on any atom is 0.144 e. The Morgan fingerprint density at radius 1 is 1.35 bits per heavy atom. The molecule has 1 heterocycles. The van der Waals surface area contributed by atoms with Crippen molar-refractivity contribution in [1.29, 1.82) is 5.26 Å². The molecule has 3 nitrogen and oxygen atoms in total. The topological polar surface area (TPSA) is 59.0 Å². The quantitative estimate of drug-likeness (QED) is 0.882. The van der Waals surface area contributed by atoms with E-state index in [9.17, 15) is 4.39 Å². The van der Waals surface area contributed by atoms with E-state index >= 15 is 0 Å². The van der Waals surface area contributed by atoms with Gasteiger partial charge in [0.05, 0.1) is 12.1 Å². The molecule has 0 saturated carbocycles. The van der Waals surface area contributed by atoms with Crippen molar-refractivity contribution in [3.63, 3.8) is 0 Å². The van der Waals surface area contributed by atoms with Crippen molar-refractivity contribution in [2.24, 2.45) is 5.73 Å². The van der Waals surface area contributed by atoms with Crippen LogP contribution in [-0.2, 0) is 6.61 Å². The molecule has 1 aromatic carbocycles. The number of hydrogen-bond donors (Lipinski definition) is 1. The van der Waals surface area contributed by atoms with E-state index in [4.69, 9.17) is 15.7 Å². The Kier molecular flexibility index (Phi) is 4.73. The van der Waals surface area contributed by atoms with Gasteiger partial charge in [-0.2, -0.15) is 5.26 Å².